The maximum atomic E-state index is 13.4. The summed E-state index contributed by atoms with van der Waals surface area (Å²) in [6.07, 6.45) is 0. The first kappa shape index (κ1) is 21.0. The number of amides is 2. The van der Waals surface area contributed by atoms with E-state index < -0.39 is 10.8 Å². The second kappa shape index (κ2) is 8.49. The molecule has 2 amide bonds. The molecule has 1 fully saturated rings. The second-order valence-electron chi connectivity index (χ2n) is 7.64. The number of nitro benzene ring substituents is 1. The van der Waals surface area contributed by atoms with Crippen LogP contribution in [0.2, 0.25) is 5.02 Å². The normalized spacial score (nSPS) is 17.6. The third-order valence-electron chi connectivity index (χ3n) is 5.58. The van der Waals surface area contributed by atoms with Crippen LogP contribution in [-0.4, -0.2) is 64.7 Å². The summed E-state index contributed by atoms with van der Waals surface area (Å²) in [5.74, 6) is -0.749. The number of hydrogen-bond donors (Lipinski definition) is 0. The van der Waals surface area contributed by atoms with Gasteiger partial charge in [-0.05, 0) is 42.4 Å². The lowest BCUT2D eigenvalue weighted by Gasteiger charge is -2.34. The van der Waals surface area contributed by atoms with Gasteiger partial charge in [-0.3, -0.25) is 24.6 Å². The third-order valence-corrected chi connectivity index (χ3v) is 5.84. The highest BCUT2D eigenvalue weighted by Crippen LogP contribution is 2.34. The van der Waals surface area contributed by atoms with Gasteiger partial charge in [-0.1, -0.05) is 23.7 Å². The average molecular weight is 441 g/mol. The van der Waals surface area contributed by atoms with Gasteiger partial charge in [-0.25, -0.2) is 0 Å². The molecule has 2 aromatic rings. The van der Waals surface area contributed by atoms with Crippen LogP contribution in [0.4, 0.5) is 5.69 Å². The maximum absolute atomic E-state index is 13.4. The Kier molecular flexibility index (Phi) is 5.75. The zero-order valence-electron chi connectivity index (χ0n) is 17.0. The quantitative estimate of drug-likeness (QED) is 0.403. The molecule has 0 bridgehead atoms. The Morgan fingerprint density at radius 3 is 2.13 bits per heavy atom. The van der Waals surface area contributed by atoms with Gasteiger partial charge in [0.2, 0.25) is 0 Å². The molecule has 2 aliphatic heterocycles. The number of nitro groups is 1. The summed E-state index contributed by atoms with van der Waals surface area (Å²) in [6.45, 7) is 2.92. The molecule has 1 saturated heterocycles. The molecule has 160 valence electrons. The highest BCUT2D eigenvalue weighted by Gasteiger charge is 2.42. The number of benzene rings is 2. The van der Waals surface area contributed by atoms with E-state index in [0.29, 0.717) is 34.9 Å². The summed E-state index contributed by atoms with van der Waals surface area (Å²) in [6, 6.07) is 12.8. The number of non-ortho nitro benzene ring substituents is 1. The third kappa shape index (κ3) is 4.17. The lowest BCUT2D eigenvalue weighted by Crippen LogP contribution is -2.46. The number of carbonyl (C=O) groups excluding carboxylic acids is 2. The molecule has 0 radical (unpaired) electrons. The van der Waals surface area contributed by atoms with E-state index in [2.05, 4.69) is 4.90 Å². The van der Waals surface area contributed by atoms with Crippen LogP contribution in [0, 0.1) is 10.1 Å². The SMILES string of the molecule is CN1CCN(C2=C(c3ccc([N+](=O)[O-])cc3)C(=O)N(Cc3ccc(Cl)cc3)C2=O)CC1. The highest BCUT2D eigenvalue weighted by molar-refractivity contribution is 6.35. The first-order valence-corrected chi connectivity index (χ1v) is 10.3. The van der Waals surface area contributed by atoms with Crippen LogP contribution >= 0.6 is 11.6 Å². The van der Waals surface area contributed by atoms with Crippen LogP contribution in [0.1, 0.15) is 11.1 Å². The Hall–Kier alpha value is -3.23. The van der Waals surface area contributed by atoms with Crippen molar-refractivity contribution < 1.29 is 14.5 Å². The van der Waals surface area contributed by atoms with E-state index >= 15 is 0 Å². The number of likely N-dealkylation sites (N-methyl/N-ethyl adjacent to an activating group) is 1. The van der Waals surface area contributed by atoms with Gasteiger partial charge in [0.15, 0.2) is 0 Å². The second-order valence-corrected chi connectivity index (χ2v) is 8.08. The first-order chi connectivity index (χ1) is 14.8. The van der Waals surface area contributed by atoms with Crippen molar-refractivity contribution in [3.63, 3.8) is 0 Å². The Morgan fingerprint density at radius 1 is 0.935 bits per heavy atom. The van der Waals surface area contributed by atoms with Crippen LogP contribution < -0.4 is 0 Å². The lowest BCUT2D eigenvalue weighted by molar-refractivity contribution is -0.384. The number of hydrogen-bond acceptors (Lipinski definition) is 6. The van der Waals surface area contributed by atoms with Gasteiger partial charge in [0.25, 0.3) is 17.5 Å². The Morgan fingerprint density at radius 2 is 1.55 bits per heavy atom. The predicted octanol–water partition coefficient (Wildman–Crippen LogP) is 2.78. The fraction of sp³-hybridized carbons (Fsp3) is 0.273. The smallest absolute Gasteiger partial charge is 0.278 e. The van der Waals surface area contributed by atoms with Gasteiger partial charge < -0.3 is 9.80 Å². The molecule has 2 aromatic carbocycles. The minimum absolute atomic E-state index is 0.0692. The lowest BCUT2D eigenvalue weighted by atomic mass is 10.0. The van der Waals surface area contributed by atoms with Crippen molar-refractivity contribution in [3.05, 3.63) is 80.5 Å². The van der Waals surface area contributed by atoms with Gasteiger partial charge >= 0.3 is 0 Å². The van der Waals surface area contributed by atoms with Gasteiger partial charge in [0.1, 0.15) is 5.70 Å². The van der Waals surface area contributed by atoms with Crippen LogP contribution in [0.5, 0.6) is 0 Å². The van der Waals surface area contributed by atoms with Crippen LogP contribution in [0.3, 0.4) is 0 Å². The summed E-state index contributed by atoms with van der Waals surface area (Å²) >= 11 is 5.95. The van der Waals surface area contributed by atoms with Gasteiger partial charge in [0.05, 0.1) is 17.0 Å². The van der Waals surface area contributed by atoms with E-state index in [1.165, 1.54) is 29.2 Å². The van der Waals surface area contributed by atoms with Gasteiger partial charge in [-0.15, -0.1) is 0 Å². The van der Waals surface area contributed by atoms with Crippen molar-refractivity contribution in [1.29, 1.82) is 0 Å². The van der Waals surface area contributed by atoms with Crippen molar-refractivity contribution in [3.8, 4) is 0 Å². The monoisotopic (exact) mass is 440 g/mol. The summed E-state index contributed by atoms with van der Waals surface area (Å²) in [4.78, 5) is 42.6. The average Bonchev–Trinajstić information content (AvgIpc) is 3.00. The van der Waals surface area contributed by atoms with E-state index in [0.717, 1.165) is 18.7 Å². The molecule has 0 aromatic heterocycles. The molecule has 0 atom stereocenters. The first-order valence-electron chi connectivity index (χ1n) is 9.88. The highest BCUT2D eigenvalue weighted by atomic mass is 35.5. The number of imide groups is 1. The van der Waals surface area contributed by atoms with E-state index in [-0.39, 0.29) is 18.1 Å². The van der Waals surface area contributed by atoms with E-state index in [1.54, 1.807) is 24.3 Å². The molecular formula is C22H21ClN4O4. The van der Waals surface area contributed by atoms with Crippen molar-refractivity contribution >= 4 is 34.7 Å². The predicted molar refractivity (Wildman–Crippen MR) is 116 cm³/mol. The van der Waals surface area contributed by atoms with Crippen molar-refractivity contribution in [2.75, 3.05) is 33.2 Å². The molecule has 4 rings (SSSR count). The number of carbonyl (C=O) groups is 2. The largest absolute Gasteiger partial charge is 0.364 e. The van der Waals surface area contributed by atoms with E-state index in [9.17, 15) is 19.7 Å². The summed E-state index contributed by atoms with van der Waals surface area (Å²) in [5, 5.41) is 11.6. The molecule has 0 aliphatic carbocycles. The van der Waals surface area contributed by atoms with Gasteiger partial charge in [0, 0.05) is 43.3 Å². The number of nitrogens with zero attached hydrogens (tertiary/aromatic N) is 4. The van der Waals surface area contributed by atoms with Crippen LogP contribution in [-0.2, 0) is 16.1 Å². The summed E-state index contributed by atoms with van der Waals surface area (Å²) in [5.41, 5.74) is 1.87. The fourth-order valence-electron chi connectivity index (χ4n) is 3.81. The molecule has 0 spiro atoms. The number of halogens is 1. The summed E-state index contributed by atoms with van der Waals surface area (Å²) < 4.78 is 0. The van der Waals surface area contributed by atoms with E-state index in [4.69, 9.17) is 11.6 Å². The molecule has 0 N–H and O–H groups in total. The molecule has 31 heavy (non-hydrogen) atoms. The molecule has 9 heteroatoms. The van der Waals surface area contributed by atoms with Crippen molar-refractivity contribution in [1.82, 2.24) is 14.7 Å². The molecule has 2 heterocycles. The maximum Gasteiger partial charge on any atom is 0.278 e. The molecular weight excluding hydrogens is 420 g/mol. The molecule has 2 aliphatic rings. The zero-order valence-corrected chi connectivity index (χ0v) is 17.7. The number of piperazine rings is 1. The molecule has 0 saturated carbocycles. The Labute approximate surface area is 184 Å². The molecule has 0 unspecified atom stereocenters. The van der Waals surface area contributed by atoms with Crippen molar-refractivity contribution in [2.24, 2.45) is 0 Å². The standard InChI is InChI=1S/C22H21ClN4O4/c1-24-10-12-25(13-11-24)20-19(16-4-8-18(9-5-16)27(30)31)21(28)26(22(20)29)14-15-2-6-17(23)7-3-15/h2-9H,10-14H2,1H3. The van der Waals surface area contributed by atoms with Gasteiger partial charge in [-0.2, -0.15) is 0 Å². The Balaban J connectivity index is 1.71. The van der Waals surface area contributed by atoms with Crippen LogP contribution in [0.15, 0.2) is 54.2 Å². The summed E-state index contributed by atoms with van der Waals surface area (Å²) in [7, 11) is 2.01. The topological polar surface area (TPSA) is 87.0 Å². The minimum Gasteiger partial charge on any atom is -0.364 e. The van der Waals surface area contributed by atoms with E-state index in [1.807, 2.05) is 11.9 Å². The Bertz CT molecular complexity index is 1060. The fourth-order valence-corrected chi connectivity index (χ4v) is 3.94. The molecule has 8 nitrogen and oxygen atoms in total. The minimum atomic E-state index is -0.492. The van der Waals surface area contributed by atoms with Crippen molar-refractivity contribution in [2.45, 2.75) is 6.54 Å². The van der Waals surface area contributed by atoms with Crippen LogP contribution in [0.25, 0.3) is 5.57 Å². The number of rotatable bonds is 5. The zero-order chi connectivity index (χ0) is 22.1.